The lowest BCUT2D eigenvalue weighted by molar-refractivity contribution is 0.621. The van der Waals surface area contributed by atoms with Gasteiger partial charge in [0.05, 0.1) is 21.5 Å². The summed E-state index contributed by atoms with van der Waals surface area (Å²) >= 11 is 10.2. The van der Waals surface area contributed by atoms with Gasteiger partial charge in [-0.05, 0) is 48.1 Å². The Morgan fingerprint density at radius 1 is 1.50 bits per heavy atom. The minimum Gasteiger partial charge on any atom is -0.330 e. The van der Waals surface area contributed by atoms with E-state index in [1.54, 1.807) is 17.4 Å². The van der Waals surface area contributed by atoms with Crippen molar-refractivity contribution in [1.29, 1.82) is 0 Å². The van der Waals surface area contributed by atoms with Gasteiger partial charge < -0.3 is 9.55 Å². The molecular weight excluding hydrogens is 361 g/mol. The molecule has 1 atom stereocenters. The van der Waals surface area contributed by atoms with E-state index in [0.29, 0.717) is 14.8 Å². The van der Waals surface area contributed by atoms with Crippen LogP contribution >= 0.6 is 39.5 Å². The number of hydrogen-bond acceptors (Lipinski definition) is 3. The SMILES string of the molecule is Cc1csc(C(C)n2c(=S)[nH]c3cc(F)c(Br)cc32)n1. The number of halogens is 2. The fourth-order valence-corrected chi connectivity index (χ4v) is 3.72. The number of aromatic amines is 1. The molecule has 0 saturated heterocycles. The lowest BCUT2D eigenvalue weighted by Gasteiger charge is -2.12. The lowest BCUT2D eigenvalue weighted by Crippen LogP contribution is -2.06. The Morgan fingerprint density at radius 2 is 2.25 bits per heavy atom. The molecule has 0 amide bonds. The van der Waals surface area contributed by atoms with Crippen LogP contribution in [-0.4, -0.2) is 14.5 Å². The summed E-state index contributed by atoms with van der Waals surface area (Å²) < 4.78 is 16.6. The Morgan fingerprint density at radius 3 is 2.90 bits per heavy atom. The van der Waals surface area contributed by atoms with Gasteiger partial charge in [-0.15, -0.1) is 11.3 Å². The van der Waals surface area contributed by atoms with Crippen molar-refractivity contribution in [2.24, 2.45) is 0 Å². The van der Waals surface area contributed by atoms with Gasteiger partial charge in [0.25, 0.3) is 0 Å². The molecule has 1 N–H and O–H groups in total. The predicted octanol–water partition coefficient (Wildman–Crippen LogP) is 4.97. The van der Waals surface area contributed by atoms with Crippen molar-refractivity contribution in [2.75, 3.05) is 0 Å². The number of thiazole rings is 1. The van der Waals surface area contributed by atoms with E-state index < -0.39 is 0 Å². The highest BCUT2D eigenvalue weighted by atomic mass is 79.9. The Hall–Kier alpha value is -1.05. The van der Waals surface area contributed by atoms with Gasteiger partial charge in [0.2, 0.25) is 0 Å². The third-order valence-corrected chi connectivity index (χ3v) is 5.18. The molecule has 3 rings (SSSR count). The second kappa shape index (κ2) is 5.05. The number of H-pyrrole nitrogens is 1. The summed E-state index contributed by atoms with van der Waals surface area (Å²) in [7, 11) is 0. The fraction of sp³-hybridized carbons (Fsp3) is 0.231. The Labute approximate surface area is 132 Å². The smallest absolute Gasteiger partial charge is 0.178 e. The summed E-state index contributed by atoms with van der Waals surface area (Å²) in [6, 6.07) is 3.20. The molecule has 0 saturated carbocycles. The standard InChI is InChI=1S/C13H11BrFN3S2/c1-6-5-20-12(16-6)7(2)18-11-3-8(14)9(15)4-10(11)17-13(18)19/h3-5,7H,1-2H3,(H,17,19). The number of aryl methyl sites for hydroxylation is 1. The molecule has 0 spiro atoms. The number of nitrogens with one attached hydrogen (secondary N) is 1. The Balaban J connectivity index is 2.23. The highest BCUT2D eigenvalue weighted by Crippen LogP contribution is 2.29. The van der Waals surface area contributed by atoms with E-state index in [9.17, 15) is 4.39 Å². The van der Waals surface area contributed by atoms with Crippen LogP contribution in [0.4, 0.5) is 4.39 Å². The summed E-state index contributed by atoms with van der Waals surface area (Å²) in [5.41, 5.74) is 2.55. The van der Waals surface area contributed by atoms with Gasteiger partial charge >= 0.3 is 0 Å². The first-order chi connectivity index (χ1) is 9.47. The third kappa shape index (κ3) is 2.23. The van der Waals surface area contributed by atoms with Gasteiger partial charge in [0.1, 0.15) is 10.8 Å². The zero-order valence-corrected chi connectivity index (χ0v) is 14.0. The van der Waals surface area contributed by atoms with Crippen LogP contribution < -0.4 is 0 Å². The van der Waals surface area contributed by atoms with Crippen molar-refractivity contribution in [3.05, 3.63) is 43.3 Å². The molecule has 0 radical (unpaired) electrons. The van der Waals surface area contributed by atoms with Crippen LogP contribution in [0.1, 0.15) is 23.7 Å². The molecule has 0 fully saturated rings. The van der Waals surface area contributed by atoms with Gasteiger partial charge in [-0.25, -0.2) is 9.37 Å². The molecule has 20 heavy (non-hydrogen) atoms. The number of imidazole rings is 1. The van der Waals surface area contributed by atoms with Gasteiger partial charge in [0, 0.05) is 17.1 Å². The maximum absolute atomic E-state index is 13.6. The van der Waals surface area contributed by atoms with Crippen molar-refractivity contribution in [3.8, 4) is 0 Å². The first kappa shape index (κ1) is 13.9. The predicted molar refractivity (Wildman–Crippen MR) is 85.4 cm³/mol. The number of hydrogen-bond donors (Lipinski definition) is 1. The lowest BCUT2D eigenvalue weighted by atomic mass is 10.2. The summed E-state index contributed by atoms with van der Waals surface area (Å²) in [6.07, 6.45) is 0. The average Bonchev–Trinajstić information content (AvgIpc) is 2.93. The van der Waals surface area contributed by atoms with E-state index in [-0.39, 0.29) is 11.9 Å². The van der Waals surface area contributed by atoms with E-state index >= 15 is 0 Å². The van der Waals surface area contributed by atoms with Gasteiger partial charge in [-0.1, -0.05) is 0 Å². The largest absolute Gasteiger partial charge is 0.330 e. The minimum atomic E-state index is -0.307. The molecule has 0 aliphatic heterocycles. The van der Waals surface area contributed by atoms with E-state index in [1.165, 1.54) is 6.07 Å². The molecule has 3 aromatic rings. The molecule has 3 nitrogen and oxygen atoms in total. The number of nitrogens with zero attached hydrogens (tertiary/aromatic N) is 2. The van der Waals surface area contributed by atoms with Crippen LogP contribution in [0, 0.1) is 17.5 Å². The second-order valence-corrected chi connectivity index (χ2v) is 6.72. The molecule has 2 aromatic heterocycles. The van der Waals surface area contributed by atoms with E-state index in [2.05, 4.69) is 25.9 Å². The highest BCUT2D eigenvalue weighted by Gasteiger charge is 2.17. The van der Waals surface area contributed by atoms with Gasteiger partial charge in [0.15, 0.2) is 4.77 Å². The number of rotatable bonds is 2. The summed E-state index contributed by atoms with van der Waals surface area (Å²) in [5.74, 6) is -0.307. The number of benzene rings is 1. The first-order valence-electron chi connectivity index (χ1n) is 5.98. The maximum atomic E-state index is 13.6. The molecule has 2 heterocycles. The van der Waals surface area contributed by atoms with Crippen LogP contribution in [0.25, 0.3) is 11.0 Å². The van der Waals surface area contributed by atoms with Gasteiger partial charge in [-0.2, -0.15) is 0 Å². The minimum absolute atomic E-state index is 0.00677. The second-order valence-electron chi connectivity index (χ2n) is 4.59. The quantitative estimate of drug-likeness (QED) is 0.644. The molecule has 0 aliphatic carbocycles. The molecular formula is C13H11BrFN3S2. The van der Waals surface area contributed by atoms with Crippen molar-refractivity contribution in [3.63, 3.8) is 0 Å². The topological polar surface area (TPSA) is 33.6 Å². The first-order valence-corrected chi connectivity index (χ1v) is 8.06. The molecule has 104 valence electrons. The Bertz CT molecular complexity index is 849. The third-order valence-electron chi connectivity index (χ3n) is 3.14. The molecule has 1 aromatic carbocycles. The highest BCUT2D eigenvalue weighted by molar-refractivity contribution is 9.10. The van der Waals surface area contributed by atoms with Crippen LogP contribution in [0.2, 0.25) is 0 Å². The van der Waals surface area contributed by atoms with Crippen LogP contribution in [-0.2, 0) is 0 Å². The molecule has 7 heteroatoms. The van der Waals surface area contributed by atoms with E-state index in [1.807, 2.05) is 23.8 Å². The van der Waals surface area contributed by atoms with Crippen molar-refractivity contribution in [1.82, 2.24) is 14.5 Å². The number of aromatic nitrogens is 3. The summed E-state index contributed by atoms with van der Waals surface area (Å²) in [6.45, 7) is 4.01. The average molecular weight is 372 g/mol. The number of fused-ring (bicyclic) bond motifs is 1. The summed E-state index contributed by atoms with van der Waals surface area (Å²) in [4.78, 5) is 7.55. The zero-order valence-electron chi connectivity index (χ0n) is 10.8. The van der Waals surface area contributed by atoms with Crippen molar-refractivity contribution < 1.29 is 4.39 Å². The monoisotopic (exact) mass is 371 g/mol. The fourth-order valence-electron chi connectivity index (χ4n) is 2.18. The molecule has 1 unspecified atom stereocenters. The van der Waals surface area contributed by atoms with E-state index in [0.717, 1.165) is 16.2 Å². The van der Waals surface area contributed by atoms with Gasteiger partial charge in [-0.3, -0.25) is 0 Å². The normalized spacial score (nSPS) is 13.0. The van der Waals surface area contributed by atoms with Crippen LogP contribution in [0.5, 0.6) is 0 Å². The van der Waals surface area contributed by atoms with Crippen molar-refractivity contribution in [2.45, 2.75) is 19.9 Å². The van der Waals surface area contributed by atoms with Crippen molar-refractivity contribution >= 4 is 50.5 Å². The molecule has 0 aliphatic rings. The van der Waals surface area contributed by atoms with Crippen LogP contribution in [0.15, 0.2) is 22.0 Å². The van der Waals surface area contributed by atoms with E-state index in [4.69, 9.17) is 12.2 Å². The van der Waals surface area contributed by atoms with Crippen LogP contribution in [0.3, 0.4) is 0 Å². The summed E-state index contributed by atoms with van der Waals surface area (Å²) in [5, 5.41) is 3.00. The zero-order chi connectivity index (χ0) is 14.4. The Kier molecular flexibility index (Phi) is 3.51. The maximum Gasteiger partial charge on any atom is 0.178 e. The molecule has 0 bridgehead atoms.